The van der Waals surface area contributed by atoms with Crippen molar-refractivity contribution in [3.05, 3.63) is 35.9 Å². The second-order valence-corrected chi connectivity index (χ2v) is 5.30. The predicted molar refractivity (Wildman–Crippen MR) is 76.8 cm³/mol. The Hall–Kier alpha value is -1.68. The standard InChI is InChI=1S/C16H21NO3/c1-2-14(16(19)20)17-10-8-13(9-11-17)15(18)12-6-4-3-5-7-12/h3-7,13-14H,2,8-11H2,1H3,(H,19,20)/t14-/m0/s1. The Labute approximate surface area is 119 Å². The highest BCUT2D eigenvalue weighted by atomic mass is 16.4. The van der Waals surface area contributed by atoms with Crippen LogP contribution in [0.1, 0.15) is 36.5 Å². The van der Waals surface area contributed by atoms with E-state index in [-0.39, 0.29) is 11.7 Å². The molecule has 20 heavy (non-hydrogen) atoms. The molecule has 0 unspecified atom stereocenters. The predicted octanol–water partition coefficient (Wildman–Crippen LogP) is 2.44. The van der Waals surface area contributed by atoms with Crippen molar-refractivity contribution in [2.75, 3.05) is 13.1 Å². The molecule has 1 heterocycles. The van der Waals surface area contributed by atoms with Crippen LogP contribution in [0, 0.1) is 5.92 Å². The SMILES string of the molecule is CC[C@@H](C(=O)O)N1CCC(C(=O)c2ccccc2)CC1. The summed E-state index contributed by atoms with van der Waals surface area (Å²) in [6.45, 7) is 3.27. The Morgan fingerprint density at radius 2 is 1.85 bits per heavy atom. The topological polar surface area (TPSA) is 57.6 Å². The molecule has 1 aliphatic heterocycles. The third-order valence-corrected chi connectivity index (χ3v) is 4.07. The lowest BCUT2D eigenvalue weighted by molar-refractivity contribution is -0.144. The van der Waals surface area contributed by atoms with Crippen LogP contribution in [0.2, 0.25) is 0 Å². The van der Waals surface area contributed by atoms with Gasteiger partial charge in [0.2, 0.25) is 0 Å². The molecule has 0 bridgehead atoms. The van der Waals surface area contributed by atoms with E-state index < -0.39 is 12.0 Å². The number of ketones is 1. The van der Waals surface area contributed by atoms with Crippen LogP contribution in [-0.4, -0.2) is 40.9 Å². The van der Waals surface area contributed by atoms with Crippen molar-refractivity contribution >= 4 is 11.8 Å². The number of hydrogen-bond donors (Lipinski definition) is 1. The van der Waals surface area contributed by atoms with Crippen LogP contribution in [0.4, 0.5) is 0 Å². The van der Waals surface area contributed by atoms with Gasteiger partial charge in [0.05, 0.1) is 0 Å². The highest BCUT2D eigenvalue weighted by Crippen LogP contribution is 2.23. The first-order valence-electron chi connectivity index (χ1n) is 7.19. The largest absolute Gasteiger partial charge is 0.480 e. The Kier molecular flexibility index (Phi) is 4.90. The van der Waals surface area contributed by atoms with Crippen LogP contribution in [-0.2, 0) is 4.79 Å². The Bertz CT molecular complexity index is 464. The van der Waals surface area contributed by atoms with Crippen molar-refractivity contribution in [2.24, 2.45) is 5.92 Å². The highest BCUT2D eigenvalue weighted by Gasteiger charge is 2.31. The first kappa shape index (κ1) is 14.7. The number of likely N-dealkylation sites (tertiary alicyclic amines) is 1. The molecule has 4 nitrogen and oxygen atoms in total. The zero-order chi connectivity index (χ0) is 14.5. The number of Topliss-reactive ketones (excluding diaryl/α,β-unsaturated/α-hetero) is 1. The molecular weight excluding hydrogens is 254 g/mol. The van der Waals surface area contributed by atoms with Gasteiger partial charge in [-0.1, -0.05) is 37.3 Å². The van der Waals surface area contributed by atoms with Crippen molar-refractivity contribution in [1.82, 2.24) is 4.90 Å². The Morgan fingerprint density at radius 3 is 2.35 bits per heavy atom. The maximum absolute atomic E-state index is 12.3. The fourth-order valence-electron chi connectivity index (χ4n) is 2.90. The second-order valence-electron chi connectivity index (χ2n) is 5.30. The molecule has 1 atom stereocenters. The number of nitrogens with zero attached hydrogens (tertiary/aromatic N) is 1. The van der Waals surface area contributed by atoms with E-state index in [2.05, 4.69) is 0 Å². The quantitative estimate of drug-likeness (QED) is 0.839. The van der Waals surface area contributed by atoms with Gasteiger partial charge in [0.1, 0.15) is 6.04 Å². The lowest BCUT2D eigenvalue weighted by Crippen LogP contribution is -2.46. The van der Waals surface area contributed by atoms with Crippen LogP contribution in [0.25, 0.3) is 0 Å². The van der Waals surface area contributed by atoms with E-state index in [0.29, 0.717) is 19.5 Å². The zero-order valence-electron chi connectivity index (χ0n) is 11.8. The molecule has 1 aromatic rings. The van der Waals surface area contributed by atoms with Crippen molar-refractivity contribution in [3.63, 3.8) is 0 Å². The minimum absolute atomic E-state index is 0.0277. The summed E-state index contributed by atoms with van der Waals surface area (Å²) < 4.78 is 0. The van der Waals surface area contributed by atoms with Crippen molar-refractivity contribution in [2.45, 2.75) is 32.2 Å². The van der Waals surface area contributed by atoms with Gasteiger partial charge in [0, 0.05) is 11.5 Å². The third kappa shape index (κ3) is 3.25. The molecule has 0 aliphatic carbocycles. The number of carbonyl (C=O) groups excluding carboxylic acids is 1. The van der Waals surface area contributed by atoms with Crippen molar-refractivity contribution in [3.8, 4) is 0 Å². The summed E-state index contributed by atoms with van der Waals surface area (Å²) >= 11 is 0. The molecular formula is C16H21NO3. The van der Waals surface area contributed by atoms with Crippen LogP contribution in [0.3, 0.4) is 0 Å². The van der Waals surface area contributed by atoms with E-state index in [0.717, 1.165) is 18.4 Å². The number of piperidine rings is 1. The molecule has 1 N–H and O–H groups in total. The van der Waals surface area contributed by atoms with Gasteiger partial charge < -0.3 is 5.11 Å². The minimum atomic E-state index is -0.764. The highest BCUT2D eigenvalue weighted by molar-refractivity contribution is 5.97. The van der Waals surface area contributed by atoms with Gasteiger partial charge in [-0.25, -0.2) is 0 Å². The van der Waals surface area contributed by atoms with Crippen molar-refractivity contribution < 1.29 is 14.7 Å². The molecule has 0 aromatic heterocycles. The van der Waals surface area contributed by atoms with Crippen LogP contribution in [0.15, 0.2) is 30.3 Å². The Morgan fingerprint density at radius 1 is 1.25 bits per heavy atom. The fraction of sp³-hybridized carbons (Fsp3) is 0.500. The second kappa shape index (κ2) is 6.66. The molecule has 1 aliphatic rings. The molecule has 1 fully saturated rings. The van der Waals surface area contributed by atoms with Gasteiger partial charge in [-0.2, -0.15) is 0 Å². The van der Waals surface area contributed by atoms with Gasteiger partial charge in [-0.3, -0.25) is 14.5 Å². The molecule has 4 heteroatoms. The molecule has 0 saturated carbocycles. The Balaban J connectivity index is 1.94. The van der Waals surface area contributed by atoms with Crippen molar-refractivity contribution in [1.29, 1.82) is 0 Å². The lowest BCUT2D eigenvalue weighted by atomic mass is 9.88. The summed E-state index contributed by atoms with van der Waals surface area (Å²) in [7, 11) is 0. The van der Waals surface area contributed by atoms with Gasteiger partial charge in [-0.15, -0.1) is 0 Å². The first-order valence-corrected chi connectivity index (χ1v) is 7.19. The van der Waals surface area contributed by atoms with Crippen LogP contribution >= 0.6 is 0 Å². The minimum Gasteiger partial charge on any atom is -0.480 e. The zero-order valence-corrected chi connectivity index (χ0v) is 11.8. The van der Waals surface area contributed by atoms with E-state index in [1.165, 1.54) is 0 Å². The summed E-state index contributed by atoms with van der Waals surface area (Å²) in [6, 6.07) is 8.93. The number of hydrogen-bond acceptors (Lipinski definition) is 3. The average Bonchev–Trinajstić information content (AvgIpc) is 2.48. The summed E-state index contributed by atoms with van der Waals surface area (Å²) in [6.07, 6.45) is 2.10. The maximum atomic E-state index is 12.3. The first-order chi connectivity index (χ1) is 9.63. The van der Waals surface area contributed by atoms with Gasteiger partial charge in [-0.05, 0) is 32.4 Å². The lowest BCUT2D eigenvalue weighted by Gasteiger charge is -2.34. The monoisotopic (exact) mass is 275 g/mol. The van der Waals surface area contributed by atoms with Crippen LogP contribution < -0.4 is 0 Å². The number of carboxylic acids is 1. The third-order valence-electron chi connectivity index (χ3n) is 4.07. The van der Waals surface area contributed by atoms with E-state index >= 15 is 0 Å². The molecule has 108 valence electrons. The van der Waals surface area contributed by atoms with E-state index in [1.54, 1.807) is 0 Å². The fourth-order valence-corrected chi connectivity index (χ4v) is 2.90. The number of rotatable bonds is 5. The molecule has 0 amide bonds. The number of aliphatic carboxylic acids is 1. The summed E-state index contributed by atoms with van der Waals surface area (Å²) in [5, 5.41) is 9.17. The van der Waals surface area contributed by atoms with Gasteiger partial charge in [0.25, 0.3) is 0 Å². The summed E-state index contributed by atoms with van der Waals surface area (Å²) in [5.74, 6) is -0.547. The van der Waals surface area contributed by atoms with E-state index in [9.17, 15) is 9.59 Å². The van der Waals surface area contributed by atoms with Crippen LogP contribution in [0.5, 0.6) is 0 Å². The summed E-state index contributed by atoms with van der Waals surface area (Å²) in [4.78, 5) is 25.5. The summed E-state index contributed by atoms with van der Waals surface area (Å²) in [5.41, 5.74) is 0.760. The average molecular weight is 275 g/mol. The molecule has 0 radical (unpaired) electrons. The maximum Gasteiger partial charge on any atom is 0.320 e. The molecule has 1 aromatic carbocycles. The van der Waals surface area contributed by atoms with E-state index in [4.69, 9.17) is 5.11 Å². The molecule has 0 spiro atoms. The number of benzene rings is 1. The normalized spacial score (nSPS) is 18.6. The smallest absolute Gasteiger partial charge is 0.320 e. The van der Waals surface area contributed by atoms with Gasteiger partial charge >= 0.3 is 5.97 Å². The van der Waals surface area contributed by atoms with Gasteiger partial charge in [0.15, 0.2) is 5.78 Å². The molecule has 2 rings (SSSR count). The number of carboxylic acid groups (broad SMARTS) is 1. The number of carbonyl (C=O) groups is 2. The molecule has 1 saturated heterocycles. The van der Waals surface area contributed by atoms with E-state index in [1.807, 2.05) is 42.2 Å².